The van der Waals surface area contributed by atoms with E-state index in [0.29, 0.717) is 34.6 Å². The number of hydrogen-bond acceptors (Lipinski definition) is 8. The van der Waals surface area contributed by atoms with Crippen molar-refractivity contribution in [1.82, 2.24) is 20.6 Å². The molecular weight excluding hydrogens is 342 g/mol. The van der Waals surface area contributed by atoms with E-state index in [9.17, 15) is 4.79 Å². The van der Waals surface area contributed by atoms with Gasteiger partial charge in [-0.25, -0.2) is 0 Å². The molecule has 2 aromatic heterocycles. The molecule has 0 radical (unpaired) electrons. The average molecular weight is 359 g/mol. The second-order valence-electron chi connectivity index (χ2n) is 5.06. The number of aromatic amines is 1. The lowest BCUT2D eigenvalue weighted by molar-refractivity contribution is 0.102. The number of rotatable bonds is 8. The van der Waals surface area contributed by atoms with Gasteiger partial charge in [-0.15, -0.1) is 5.10 Å². The molecule has 9 heteroatoms. The smallest absolute Gasteiger partial charge is 0.209 e. The number of hydrogen-bond donors (Lipinski definition) is 3. The summed E-state index contributed by atoms with van der Waals surface area (Å²) in [6.45, 7) is 0.388. The number of ketones is 1. The highest BCUT2D eigenvalue weighted by molar-refractivity contribution is 7.99. The van der Waals surface area contributed by atoms with Gasteiger partial charge < -0.3 is 9.15 Å². The van der Waals surface area contributed by atoms with E-state index in [2.05, 4.69) is 20.6 Å². The SMILES string of the molecule is COc1ccc(CNN)c(C(=O)CSc2n[nH]c(-c3ccco3)n2)c1. The number of nitrogens with one attached hydrogen (secondary N) is 2. The number of carbonyl (C=O) groups excluding carboxylic acids is 1. The van der Waals surface area contributed by atoms with Crippen LogP contribution < -0.4 is 16.0 Å². The maximum atomic E-state index is 12.6. The molecule has 2 heterocycles. The molecule has 8 nitrogen and oxygen atoms in total. The minimum Gasteiger partial charge on any atom is -0.497 e. The van der Waals surface area contributed by atoms with Crippen molar-refractivity contribution < 1.29 is 13.9 Å². The molecule has 130 valence electrons. The normalized spacial score (nSPS) is 10.8. The molecule has 4 N–H and O–H groups in total. The first kappa shape index (κ1) is 17.2. The molecule has 0 fully saturated rings. The van der Waals surface area contributed by atoms with Gasteiger partial charge in [0.1, 0.15) is 5.75 Å². The number of Topliss-reactive ketones (excluding diaryl/α,β-unsaturated/α-hetero) is 1. The number of nitrogens with zero attached hydrogens (tertiary/aromatic N) is 2. The summed E-state index contributed by atoms with van der Waals surface area (Å²) in [5.74, 6) is 7.25. The number of ether oxygens (including phenoxy) is 1. The zero-order valence-corrected chi connectivity index (χ0v) is 14.3. The second kappa shape index (κ2) is 7.97. The fraction of sp³-hybridized carbons (Fsp3) is 0.188. The van der Waals surface area contributed by atoms with Crippen LogP contribution in [0.3, 0.4) is 0 Å². The van der Waals surface area contributed by atoms with Crippen molar-refractivity contribution in [1.29, 1.82) is 0 Å². The molecule has 25 heavy (non-hydrogen) atoms. The van der Waals surface area contributed by atoms with E-state index < -0.39 is 0 Å². The van der Waals surface area contributed by atoms with Gasteiger partial charge in [-0.2, -0.15) is 4.98 Å². The van der Waals surface area contributed by atoms with E-state index in [-0.39, 0.29) is 11.5 Å². The molecule has 0 saturated carbocycles. The van der Waals surface area contributed by atoms with E-state index >= 15 is 0 Å². The number of hydrazine groups is 1. The highest BCUT2D eigenvalue weighted by atomic mass is 32.2. The Labute approximate surface area is 148 Å². The summed E-state index contributed by atoms with van der Waals surface area (Å²) >= 11 is 1.24. The van der Waals surface area contributed by atoms with Crippen molar-refractivity contribution in [2.75, 3.05) is 12.9 Å². The maximum absolute atomic E-state index is 12.6. The Balaban J connectivity index is 1.70. The van der Waals surface area contributed by atoms with Crippen molar-refractivity contribution in [3.63, 3.8) is 0 Å². The standard InChI is InChI=1S/C16H17N5O3S/c1-23-11-5-4-10(8-18-17)12(7-11)13(22)9-25-16-19-15(20-21-16)14-3-2-6-24-14/h2-7,18H,8-9,17H2,1H3,(H,19,20,21). The predicted octanol–water partition coefficient (Wildman–Crippen LogP) is 2.01. The number of thioether (sulfide) groups is 1. The number of carbonyl (C=O) groups is 1. The predicted molar refractivity (Wildman–Crippen MR) is 93.2 cm³/mol. The third-order valence-electron chi connectivity index (χ3n) is 3.46. The minimum atomic E-state index is -0.0569. The van der Waals surface area contributed by atoms with E-state index in [0.717, 1.165) is 5.56 Å². The number of nitrogens with two attached hydrogens (primary N) is 1. The molecular formula is C16H17N5O3S. The fourth-order valence-corrected chi connectivity index (χ4v) is 2.93. The lowest BCUT2D eigenvalue weighted by Gasteiger charge is -2.10. The van der Waals surface area contributed by atoms with Crippen LogP contribution >= 0.6 is 11.8 Å². The molecule has 0 aliphatic carbocycles. The third-order valence-corrected chi connectivity index (χ3v) is 4.31. The fourth-order valence-electron chi connectivity index (χ4n) is 2.25. The number of methoxy groups -OCH3 is 1. The summed E-state index contributed by atoms with van der Waals surface area (Å²) in [5, 5.41) is 7.35. The Kier molecular flexibility index (Phi) is 5.49. The third kappa shape index (κ3) is 4.08. The molecule has 1 aromatic carbocycles. The highest BCUT2D eigenvalue weighted by Crippen LogP contribution is 2.23. The summed E-state index contributed by atoms with van der Waals surface area (Å²) in [4.78, 5) is 16.9. The first-order valence-corrected chi connectivity index (χ1v) is 8.42. The van der Waals surface area contributed by atoms with Crippen LogP contribution in [0.1, 0.15) is 15.9 Å². The Morgan fingerprint density at radius 2 is 2.32 bits per heavy atom. The molecule has 3 rings (SSSR count). The van der Waals surface area contributed by atoms with E-state index in [1.807, 2.05) is 6.07 Å². The van der Waals surface area contributed by atoms with Crippen molar-refractivity contribution >= 4 is 17.5 Å². The number of aromatic nitrogens is 3. The molecule has 0 aliphatic rings. The van der Waals surface area contributed by atoms with Crippen LogP contribution in [0.2, 0.25) is 0 Å². The monoisotopic (exact) mass is 359 g/mol. The van der Waals surface area contributed by atoms with Crippen LogP contribution in [0.15, 0.2) is 46.2 Å². The van der Waals surface area contributed by atoms with Gasteiger partial charge in [0.25, 0.3) is 0 Å². The zero-order valence-electron chi connectivity index (χ0n) is 13.5. The topological polar surface area (TPSA) is 119 Å². The minimum absolute atomic E-state index is 0.0569. The van der Waals surface area contributed by atoms with Crippen LogP contribution in [-0.2, 0) is 6.54 Å². The second-order valence-corrected chi connectivity index (χ2v) is 6.00. The highest BCUT2D eigenvalue weighted by Gasteiger charge is 2.15. The zero-order chi connectivity index (χ0) is 17.6. The van der Waals surface area contributed by atoms with Crippen LogP contribution in [-0.4, -0.2) is 33.8 Å². The molecule has 0 amide bonds. The van der Waals surface area contributed by atoms with Gasteiger partial charge in [-0.1, -0.05) is 17.8 Å². The van der Waals surface area contributed by atoms with Crippen LogP contribution in [0.4, 0.5) is 0 Å². The summed E-state index contributed by atoms with van der Waals surface area (Å²) < 4.78 is 10.4. The summed E-state index contributed by atoms with van der Waals surface area (Å²) in [6, 6.07) is 8.87. The number of benzene rings is 1. The Bertz CT molecular complexity index is 847. The summed E-state index contributed by atoms with van der Waals surface area (Å²) in [7, 11) is 1.56. The Hall–Kier alpha value is -2.62. The molecule has 3 aromatic rings. The van der Waals surface area contributed by atoms with Crippen LogP contribution in [0.5, 0.6) is 5.75 Å². The van der Waals surface area contributed by atoms with Gasteiger partial charge in [0.05, 0.1) is 19.1 Å². The van der Waals surface area contributed by atoms with Gasteiger partial charge in [0.15, 0.2) is 17.4 Å². The average Bonchev–Trinajstić information content (AvgIpc) is 3.31. The first-order chi connectivity index (χ1) is 12.2. The lowest BCUT2D eigenvalue weighted by atomic mass is 10.0. The quantitative estimate of drug-likeness (QED) is 0.242. The molecule has 0 atom stereocenters. The van der Waals surface area contributed by atoms with Crippen molar-refractivity contribution in [3.05, 3.63) is 47.7 Å². The Morgan fingerprint density at radius 1 is 1.44 bits per heavy atom. The first-order valence-electron chi connectivity index (χ1n) is 7.44. The van der Waals surface area contributed by atoms with E-state index in [4.69, 9.17) is 15.0 Å². The molecule has 0 aliphatic heterocycles. The molecule has 0 saturated heterocycles. The van der Waals surface area contributed by atoms with Gasteiger partial charge in [0.2, 0.25) is 5.16 Å². The van der Waals surface area contributed by atoms with Crippen molar-refractivity contribution in [3.8, 4) is 17.3 Å². The van der Waals surface area contributed by atoms with Gasteiger partial charge in [-0.3, -0.25) is 21.2 Å². The van der Waals surface area contributed by atoms with Crippen LogP contribution in [0, 0.1) is 0 Å². The molecule has 0 bridgehead atoms. The summed E-state index contributed by atoms with van der Waals surface area (Å²) in [6.07, 6.45) is 1.56. The maximum Gasteiger partial charge on any atom is 0.209 e. The molecule has 0 spiro atoms. The van der Waals surface area contributed by atoms with Gasteiger partial charge >= 0.3 is 0 Å². The van der Waals surface area contributed by atoms with Gasteiger partial charge in [0, 0.05) is 12.1 Å². The van der Waals surface area contributed by atoms with Crippen molar-refractivity contribution in [2.24, 2.45) is 5.84 Å². The Morgan fingerprint density at radius 3 is 3.04 bits per heavy atom. The van der Waals surface area contributed by atoms with Gasteiger partial charge in [-0.05, 0) is 29.8 Å². The molecule has 0 unspecified atom stereocenters. The number of H-pyrrole nitrogens is 1. The number of furan rings is 1. The van der Waals surface area contributed by atoms with E-state index in [1.165, 1.54) is 11.8 Å². The summed E-state index contributed by atoms with van der Waals surface area (Å²) in [5.41, 5.74) is 3.94. The van der Waals surface area contributed by atoms with E-state index in [1.54, 1.807) is 37.6 Å². The largest absolute Gasteiger partial charge is 0.497 e. The van der Waals surface area contributed by atoms with Crippen LogP contribution in [0.25, 0.3) is 11.6 Å². The van der Waals surface area contributed by atoms with Crippen molar-refractivity contribution in [2.45, 2.75) is 11.7 Å². The lowest BCUT2D eigenvalue weighted by Crippen LogP contribution is -2.22.